The van der Waals surface area contributed by atoms with Crippen LogP contribution in [0.5, 0.6) is 0 Å². The third-order valence-corrected chi connectivity index (χ3v) is 4.62. The van der Waals surface area contributed by atoms with Crippen LogP contribution in [0.3, 0.4) is 0 Å². The van der Waals surface area contributed by atoms with Gasteiger partial charge in [0, 0.05) is 13.2 Å². The van der Waals surface area contributed by atoms with E-state index in [4.69, 9.17) is 4.74 Å². The number of benzene rings is 1. The van der Waals surface area contributed by atoms with Crippen molar-refractivity contribution < 1.29 is 4.74 Å². The molecule has 1 aromatic rings. The zero-order valence-corrected chi connectivity index (χ0v) is 13.2. The van der Waals surface area contributed by atoms with Gasteiger partial charge in [-0.3, -0.25) is 0 Å². The van der Waals surface area contributed by atoms with Crippen molar-refractivity contribution in [3.63, 3.8) is 0 Å². The highest BCUT2D eigenvalue weighted by Crippen LogP contribution is 2.41. The molecule has 0 saturated heterocycles. The standard InChI is InChI=1S/C18H29NO/c1-4-8-15-9-6-10-16(13-15)17(19-5-2)14-18(20-3)11-7-12-18/h6,9-10,13,17,19H,4-5,7-8,11-12,14H2,1-3H3. The second-order valence-corrected chi connectivity index (χ2v) is 6.05. The summed E-state index contributed by atoms with van der Waals surface area (Å²) in [4.78, 5) is 0. The number of methoxy groups -OCH3 is 1. The highest BCUT2D eigenvalue weighted by Gasteiger charge is 2.39. The molecule has 2 heteroatoms. The summed E-state index contributed by atoms with van der Waals surface area (Å²) in [6, 6.07) is 9.49. The normalized spacial score (nSPS) is 18.6. The van der Waals surface area contributed by atoms with Gasteiger partial charge in [0.2, 0.25) is 0 Å². The minimum Gasteiger partial charge on any atom is -0.378 e. The molecule has 1 aliphatic carbocycles. The number of rotatable bonds is 8. The molecular weight excluding hydrogens is 246 g/mol. The third-order valence-electron chi connectivity index (χ3n) is 4.62. The monoisotopic (exact) mass is 275 g/mol. The topological polar surface area (TPSA) is 21.3 Å². The first-order valence-electron chi connectivity index (χ1n) is 8.10. The molecule has 1 aliphatic rings. The fourth-order valence-electron chi connectivity index (χ4n) is 3.24. The van der Waals surface area contributed by atoms with Crippen LogP contribution >= 0.6 is 0 Å². The van der Waals surface area contributed by atoms with Crippen LogP contribution in [0.25, 0.3) is 0 Å². The van der Waals surface area contributed by atoms with Gasteiger partial charge in [-0.25, -0.2) is 0 Å². The Morgan fingerprint density at radius 2 is 2.10 bits per heavy atom. The van der Waals surface area contributed by atoms with E-state index >= 15 is 0 Å². The Kier molecular flexibility index (Phi) is 5.62. The van der Waals surface area contributed by atoms with E-state index in [9.17, 15) is 0 Å². The summed E-state index contributed by atoms with van der Waals surface area (Å²) in [5.74, 6) is 0. The van der Waals surface area contributed by atoms with Crippen LogP contribution in [0, 0.1) is 0 Å². The predicted octanol–water partition coefficient (Wildman–Crippen LogP) is 4.25. The lowest BCUT2D eigenvalue weighted by atomic mass is 9.74. The van der Waals surface area contributed by atoms with Gasteiger partial charge in [0.05, 0.1) is 5.60 Å². The lowest BCUT2D eigenvalue weighted by Gasteiger charge is -2.43. The summed E-state index contributed by atoms with van der Waals surface area (Å²) in [7, 11) is 1.87. The molecule has 0 spiro atoms. The van der Waals surface area contributed by atoms with Gasteiger partial charge >= 0.3 is 0 Å². The van der Waals surface area contributed by atoms with Crippen molar-refractivity contribution in [3.05, 3.63) is 35.4 Å². The molecule has 1 N–H and O–H groups in total. The lowest BCUT2D eigenvalue weighted by molar-refractivity contribution is -0.0837. The summed E-state index contributed by atoms with van der Waals surface area (Å²) in [6.07, 6.45) is 7.19. The molecule has 0 amide bonds. The fraction of sp³-hybridized carbons (Fsp3) is 0.667. The third kappa shape index (κ3) is 3.62. The zero-order chi connectivity index (χ0) is 14.4. The maximum Gasteiger partial charge on any atom is 0.0697 e. The molecule has 1 atom stereocenters. The van der Waals surface area contributed by atoms with Crippen LogP contribution in [0.15, 0.2) is 24.3 Å². The van der Waals surface area contributed by atoms with Crippen LogP contribution in [0.2, 0.25) is 0 Å². The minimum atomic E-state index is 0.119. The SMILES string of the molecule is CCCc1cccc(C(CC2(OC)CCC2)NCC)c1. The van der Waals surface area contributed by atoms with Crippen LogP contribution in [-0.2, 0) is 11.2 Å². The molecule has 112 valence electrons. The number of hydrogen-bond donors (Lipinski definition) is 1. The number of hydrogen-bond acceptors (Lipinski definition) is 2. The summed E-state index contributed by atoms with van der Waals surface area (Å²) >= 11 is 0. The Hall–Kier alpha value is -0.860. The molecule has 0 radical (unpaired) electrons. The first-order chi connectivity index (χ1) is 9.73. The molecule has 0 heterocycles. The maximum atomic E-state index is 5.81. The van der Waals surface area contributed by atoms with Gasteiger partial charge in [0.25, 0.3) is 0 Å². The second kappa shape index (κ2) is 7.24. The molecule has 0 aromatic heterocycles. The Labute approximate surface area is 123 Å². The van der Waals surface area contributed by atoms with Gasteiger partial charge in [-0.1, -0.05) is 44.5 Å². The van der Waals surface area contributed by atoms with Crippen LogP contribution in [0.1, 0.15) is 63.1 Å². The van der Waals surface area contributed by atoms with Gasteiger partial charge in [-0.15, -0.1) is 0 Å². The van der Waals surface area contributed by atoms with Gasteiger partial charge < -0.3 is 10.1 Å². The molecule has 1 saturated carbocycles. The quantitative estimate of drug-likeness (QED) is 0.766. The van der Waals surface area contributed by atoms with E-state index in [1.54, 1.807) is 0 Å². The van der Waals surface area contributed by atoms with Crippen molar-refractivity contribution in [2.24, 2.45) is 0 Å². The second-order valence-electron chi connectivity index (χ2n) is 6.05. The molecule has 0 aliphatic heterocycles. The molecule has 2 nitrogen and oxygen atoms in total. The Morgan fingerprint density at radius 3 is 2.65 bits per heavy atom. The fourth-order valence-corrected chi connectivity index (χ4v) is 3.24. The van der Waals surface area contributed by atoms with Crippen molar-refractivity contribution in [1.29, 1.82) is 0 Å². The maximum absolute atomic E-state index is 5.81. The van der Waals surface area contributed by atoms with Crippen molar-refractivity contribution in [3.8, 4) is 0 Å². The molecule has 20 heavy (non-hydrogen) atoms. The molecule has 1 aromatic carbocycles. The predicted molar refractivity (Wildman–Crippen MR) is 85.1 cm³/mol. The van der Waals surface area contributed by atoms with Gasteiger partial charge in [0.1, 0.15) is 0 Å². The number of ether oxygens (including phenoxy) is 1. The number of aryl methyl sites for hydroxylation is 1. The largest absolute Gasteiger partial charge is 0.378 e. The molecule has 0 bridgehead atoms. The average Bonchev–Trinajstić information content (AvgIpc) is 2.42. The first kappa shape index (κ1) is 15.5. The van der Waals surface area contributed by atoms with E-state index in [-0.39, 0.29) is 5.60 Å². The van der Waals surface area contributed by atoms with E-state index < -0.39 is 0 Å². The van der Waals surface area contributed by atoms with Crippen molar-refractivity contribution >= 4 is 0 Å². The van der Waals surface area contributed by atoms with E-state index in [1.165, 1.54) is 43.2 Å². The Balaban J connectivity index is 2.12. The highest BCUT2D eigenvalue weighted by atomic mass is 16.5. The summed E-state index contributed by atoms with van der Waals surface area (Å²) in [5.41, 5.74) is 2.99. The van der Waals surface area contributed by atoms with Gasteiger partial charge in [-0.05, 0) is 49.8 Å². The van der Waals surface area contributed by atoms with Gasteiger partial charge in [0.15, 0.2) is 0 Å². The highest BCUT2D eigenvalue weighted by molar-refractivity contribution is 5.27. The average molecular weight is 275 g/mol. The molecular formula is C18H29NO. The van der Waals surface area contributed by atoms with E-state index in [0.717, 1.165) is 13.0 Å². The van der Waals surface area contributed by atoms with Crippen LogP contribution < -0.4 is 5.32 Å². The van der Waals surface area contributed by atoms with E-state index in [0.29, 0.717) is 6.04 Å². The van der Waals surface area contributed by atoms with Crippen molar-refractivity contribution in [2.75, 3.05) is 13.7 Å². The number of nitrogens with one attached hydrogen (secondary N) is 1. The smallest absolute Gasteiger partial charge is 0.0697 e. The van der Waals surface area contributed by atoms with Crippen LogP contribution in [0.4, 0.5) is 0 Å². The van der Waals surface area contributed by atoms with E-state index in [2.05, 4.69) is 43.4 Å². The van der Waals surface area contributed by atoms with Crippen molar-refractivity contribution in [1.82, 2.24) is 5.32 Å². The van der Waals surface area contributed by atoms with E-state index in [1.807, 2.05) is 7.11 Å². The minimum absolute atomic E-state index is 0.119. The molecule has 2 rings (SSSR count). The lowest BCUT2D eigenvalue weighted by Crippen LogP contribution is -2.42. The summed E-state index contributed by atoms with van der Waals surface area (Å²) in [6.45, 7) is 5.42. The van der Waals surface area contributed by atoms with Gasteiger partial charge in [-0.2, -0.15) is 0 Å². The zero-order valence-electron chi connectivity index (χ0n) is 13.2. The summed E-state index contributed by atoms with van der Waals surface area (Å²) < 4.78 is 5.81. The van der Waals surface area contributed by atoms with Crippen LogP contribution in [-0.4, -0.2) is 19.3 Å². The molecule has 1 unspecified atom stereocenters. The molecule has 1 fully saturated rings. The van der Waals surface area contributed by atoms with Crippen molar-refractivity contribution in [2.45, 2.75) is 64.0 Å². The summed E-state index contributed by atoms with van der Waals surface area (Å²) in [5, 5.41) is 3.65. The Bertz CT molecular complexity index is 406. The Morgan fingerprint density at radius 1 is 1.30 bits per heavy atom. The first-order valence-corrected chi connectivity index (χ1v) is 8.10.